The van der Waals surface area contributed by atoms with Crippen LogP contribution in [0.3, 0.4) is 0 Å². The molecule has 0 N–H and O–H groups in total. The second kappa shape index (κ2) is 4.69. The third-order valence-electron chi connectivity index (χ3n) is 3.50. The number of rotatable bonds is 2. The Morgan fingerprint density at radius 2 is 2.06 bits per heavy atom. The minimum Gasteiger partial charge on any atom is -0.0949 e. The molecule has 84 valence electrons. The normalized spacial score (nSPS) is 24.6. The smallest absolute Gasteiger partial charge is 0.00527 e. The SMILES string of the molecule is C=C(C1=CC=C(C)CC1)C1C=CC(C)=CC1. The highest BCUT2D eigenvalue weighted by molar-refractivity contribution is 5.41. The molecule has 1 unspecified atom stereocenters. The van der Waals surface area contributed by atoms with E-state index in [4.69, 9.17) is 0 Å². The zero-order valence-corrected chi connectivity index (χ0v) is 10.3. The molecule has 2 rings (SSSR count). The molecule has 0 aromatic rings. The molecule has 0 spiro atoms. The van der Waals surface area contributed by atoms with Crippen LogP contribution in [0.25, 0.3) is 0 Å². The van der Waals surface area contributed by atoms with Gasteiger partial charge in [0.25, 0.3) is 0 Å². The summed E-state index contributed by atoms with van der Waals surface area (Å²) in [6.45, 7) is 8.63. The maximum Gasteiger partial charge on any atom is 0.00527 e. The molecule has 16 heavy (non-hydrogen) atoms. The van der Waals surface area contributed by atoms with E-state index >= 15 is 0 Å². The molecule has 0 nitrogen and oxygen atoms in total. The van der Waals surface area contributed by atoms with Crippen LogP contribution in [-0.4, -0.2) is 0 Å². The second-order valence-corrected chi connectivity index (χ2v) is 4.88. The lowest BCUT2D eigenvalue weighted by Gasteiger charge is -2.22. The van der Waals surface area contributed by atoms with Crippen LogP contribution in [0.5, 0.6) is 0 Å². The van der Waals surface area contributed by atoms with Gasteiger partial charge in [-0.15, -0.1) is 0 Å². The van der Waals surface area contributed by atoms with Crippen LogP contribution in [0.2, 0.25) is 0 Å². The lowest BCUT2D eigenvalue weighted by Crippen LogP contribution is -2.06. The molecule has 2 aliphatic carbocycles. The van der Waals surface area contributed by atoms with E-state index in [0.29, 0.717) is 5.92 Å². The van der Waals surface area contributed by atoms with E-state index in [9.17, 15) is 0 Å². The van der Waals surface area contributed by atoms with Gasteiger partial charge in [-0.05, 0) is 44.3 Å². The average Bonchev–Trinajstić information content (AvgIpc) is 2.30. The molecule has 0 radical (unpaired) electrons. The van der Waals surface area contributed by atoms with E-state index in [1.165, 1.54) is 28.7 Å². The van der Waals surface area contributed by atoms with Crippen LogP contribution in [-0.2, 0) is 0 Å². The highest BCUT2D eigenvalue weighted by atomic mass is 14.2. The lowest BCUT2D eigenvalue weighted by atomic mass is 9.83. The van der Waals surface area contributed by atoms with E-state index in [-0.39, 0.29) is 0 Å². The average molecular weight is 212 g/mol. The van der Waals surface area contributed by atoms with Gasteiger partial charge in [0.2, 0.25) is 0 Å². The fraction of sp³-hybridized carbons (Fsp3) is 0.375. The Hall–Kier alpha value is -1.30. The van der Waals surface area contributed by atoms with E-state index in [1.54, 1.807) is 0 Å². The van der Waals surface area contributed by atoms with Gasteiger partial charge in [-0.25, -0.2) is 0 Å². The Balaban J connectivity index is 2.07. The summed E-state index contributed by atoms with van der Waals surface area (Å²) in [5, 5.41) is 0. The topological polar surface area (TPSA) is 0 Å². The molecule has 0 heteroatoms. The molecule has 0 saturated heterocycles. The molecule has 0 saturated carbocycles. The summed E-state index contributed by atoms with van der Waals surface area (Å²) in [5.41, 5.74) is 5.60. The van der Waals surface area contributed by atoms with Crippen molar-refractivity contribution in [1.29, 1.82) is 0 Å². The lowest BCUT2D eigenvalue weighted by molar-refractivity contribution is 0.749. The van der Waals surface area contributed by atoms with E-state index in [2.05, 4.69) is 50.8 Å². The zero-order valence-electron chi connectivity index (χ0n) is 10.3. The van der Waals surface area contributed by atoms with Crippen molar-refractivity contribution in [2.45, 2.75) is 33.1 Å². The Kier molecular flexibility index (Phi) is 3.28. The van der Waals surface area contributed by atoms with Crippen LogP contribution in [0, 0.1) is 5.92 Å². The first-order valence-corrected chi connectivity index (χ1v) is 6.07. The monoisotopic (exact) mass is 212 g/mol. The van der Waals surface area contributed by atoms with E-state index < -0.39 is 0 Å². The molecule has 0 amide bonds. The minimum absolute atomic E-state index is 0.516. The third-order valence-corrected chi connectivity index (χ3v) is 3.50. The van der Waals surface area contributed by atoms with Gasteiger partial charge in [-0.3, -0.25) is 0 Å². The summed E-state index contributed by atoms with van der Waals surface area (Å²) in [7, 11) is 0. The molecular formula is C16H20. The predicted molar refractivity (Wildman–Crippen MR) is 71.2 cm³/mol. The Bertz CT molecular complexity index is 413. The zero-order chi connectivity index (χ0) is 11.5. The molecule has 0 fully saturated rings. The van der Waals surface area contributed by atoms with Crippen molar-refractivity contribution in [2.75, 3.05) is 0 Å². The van der Waals surface area contributed by atoms with Crippen molar-refractivity contribution in [3.63, 3.8) is 0 Å². The Morgan fingerprint density at radius 3 is 2.62 bits per heavy atom. The van der Waals surface area contributed by atoms with Gasteiger partial charge in [0.05, 0.1) is 0 Å². The van der Waals surface area contributed by atoms with Crippen LogP contribution >= 0.6 is 0 Å². The molecule has 0 aromatic heterocycles. The van der Waals surface area contributed by atoms with Crippen molar-refractivity contribution in [3.8, 4) is 0 Å². The van der Waals surface area contributed by atoms with Gasteiger partial charge in [0.1, 0.15) is 0 Å². The maximum absolute atomic E-state index is 4.27. The van der Waals surface area contributed by atoms with Gasteiger partial charge in [-0.1, -0.05) is 48.1 Å². The summed E-state index contributed by atoms with van der Waals surface area (Å²) in [5.74, 6) is 0.516. The largest absolute Gasteiger partial charge is 0.0949 e. The predicted octanol–water partition coefficient (Wildman–Crippen LogP) is 4.73. The first kappa shape index (κ1) is 11.2. The Morgan fingerprint density at radius 1 is 1.25 bits per heavy atom. The number of hydrogen-bond acceptors (Lipinski definition) is 0. The summed E-state index contributed by atoms with van der Waals surface area (Å²) in [6.07, 6.45) is 14.8. The van der Waals surface area contributed by atoms with Gasteiger partial charge < -0.3 is 0 Å². The molecule has 0 heterocycles. The summed E-state index contributed by atoms with van der Waals surface area (Å²) >= 11 is 0. The number of hydrogen-bond donors (Lipinski definition) is 0. The standard InChI is InChI=1S/C16H20/c1-12-4-8-15(9-5-12)14(3)16-10-6-13(2)7-11-16/h4-6,8,10,15H,3,7,9,11H2,1-2H3. The third kappa shape index (κ3) is 2.44. The van der Waals surface area contributed by atoms with Crippen molar-refractivity contribution < 1.29 is 0 Å². The first-order valence-electron chi connectivity index (χ1n) is 6.07. The van der Waals surface area contributed by atoms with Gasteiger partial charge in [0, 0.05) is 5.92 Å². The van der Waals surface area contributed by atoms with Gasteiger partial charge >= 0.3 is 0 Å². The highest BCUT2D eigenvalue weighted by Crippen LogP contribution is 2.31. The number of allylic oxidation sites excluding steroid dienone is 9. The van der Waals surface area contributed by atoms with E-state index in [0.717, 1.165) is 12.8 Å². The highest BCUT2D eigenvalue weighted by Gasteiger charge is 2.15. The van der Waals surface area contributed by atoms with Crippen LogP contribution in [0.1, 0.15) is 33.1 Å². The first-order chi connectivity index (χ1) is 7.66. The fourth-order valence-corrected chi connectivity index (χ4v) is 2.23. The molecule has 1 atom stereocenters. The molecule has 2 aliphatic rings. The molecule has 0 aliphatic heterocycles. The van der Waals surface area contributed by atoms with E-state index in [1.807, 2.05) is 0 Å². The van der Waals surface area contributed by atoms with Crippen LogP contribution in [0.4, 0.5) is 0 Å². The fourth-order valence-electron chi connectivity index (χ4n) is 2.23. The molecule has 0 aromatic carbocycles. The van der Waals surface area contributed by atoms with Crippen LogP contribution in [0.15, 0.2) is 59.3 Å². The van der Waals surface area contributed by atoms with Crippen molar-refractivity contribution in [1.82, 2.24) is 0 Å². The van der Waals surface area contributed by atoms with Crippen LogP contribution < -0.4 is 0 Å². The van der Waals surface area contributed by atoms with Crippen molar-refractivity contribution in [2.24, 2.45) is 5.92 Å². The summed E-state index contributed by atoms with van der Waals surface area (Å²) < 4.78 is 0. The minimum atomic E-state index is 0.516. The van der Waals surface area contributed by atoms with Gasteiger partial charge in [-0.2, -0.15) is 0 Å². The maximum atomic E-state index is 4.27. The van der Waals surface area contributed by atoms with Crippen molar-refractivity contribution in [3.05, 3.63) is 59.3 Å². The Labute approximate surface area is 98.8 Å². The molecule has 0 bridgehead atoms. The summed E-state index contributed by atoms with van der Waals surface area (Å²) in [4.78, 5) is 0. The quantitative estimate of drug-likeness (QED) is 0.620. The van der Waals surface area contributed by atoms with Crippen molar-refractivity contribution >= 4 is 0 Å². The van der Waals surface area contributed by atoms with Gasteiger partial charge in [0.15, 0.2) is 0 Å². The summed E-state index contributed by atoms with van der Waals surface area (Å²) in [6, 6.07) is 0. The molecular weight excluding hydrogens is 192 g/mol. The second-order valence-electron chi connectivity index (χ2n) is 4.88.